The first-order chi connectivity index (χ1) is 19.0. The molecule has 2 aromatic rings. The number of nitrogens with two attached hydrogens (primary N) is 1. The number of urea groups is 1. The molecule has 0 aromatic heterocycles. The van der Waals surface area contributed by atoms with E-state index in [0.717, 1.165) is 23.4 Å². The lowest BCUT2D eigenvalue weighted by molar-refractivity contribution is -0.139. The van der Waals surface area contributed by atoms with Crippen LogP contribution < -0.4 is 26.6 Å². The molecule has 5 N–H and O–H groups in total. The zero-order valence-corrected chi connectivity index (χ0v) is 23.1. The lowest BCUT2D eigenvalue weighted by atomic mass is 10.1. The van der Waals surface area contributed by atoms with Gasteiger partial charge in [0.25, 0.3) is 0 Å². The van der Waals surface area contributed by atoms with Gasteiger partial charge < -0.3 is 36.2 Å². The molecule has 218 valence electrons. The number of ether oxygens (including phenoxy) is 1. The van der Waals surface area contributed by atoms with Gasteiger partial charge in [0.05, 0.1) is 18.8 Å². The minimum Gasteiger partial charge on any atom is -0.374 e. The molecule has 0 saturated carbocycles. The van der Waals surface area contributed by atoms with Gasteiger partial charge in [-0.05, 0) is 44.0 Å². The molecule has 4 amide bonds. The molecular weight excluding hydrogens is 522 g/mol. The van der Waals surface area contributed by atoms with Crippen LogP contribution in [0.25, 0.3) is 0 Å². The lowest BCUT2D eigenvalue weighted by Crippen LogP contribution is -2.60. The van der Waals surface area contributed by atoms with Gasteiger partial charge in [0.2, 0.25) is 11.8 Å². The van der Waals surface area contributed by atoms with Gasteiger partial charge in [0.1, 0.15) is 17.7 Å². The van der Waals surface area contributed by atoms with Crippen LogP contribution in [-0.2, 0) is 27.4 Å². The fraction of sp³-hybridized carbons (Fsp3) is 0.464. The first kappa shape index (κ1) is 30.8. The zero-order chi connectivity index (χ0) is 29.3. The largest absolute Gasteiger partial charge is 0.374 e. The number of para-hydroxylation sites is 1. The summed E-state index contributed by atoms with van der Waals surface area (Å²) in [5, 5.41) is 7.95. The molecule has 10 nitrogen and oxygen atoms in total. The van der Waals surface area contributed by atoms with Crippen molar-refractivity contribution in [1.29, 1.82) is 0 Å². The van der Waals surface area contributed by atoms with Gasteiger partial charge in [-0.3, -0.25) is 9.59 Å². The number of anilines is 1. The highest BCUT2D eigenvalue weighted by Gasteiger charge is 2.32. The molecule has 0 aliphatic carbocycles. The Kier molecular flexibility index (Phi) is 10.8. The third kappa shape index (κ3) is 8.36. The Hall–Kier alpha value is -3.77. The maximum Gasteiger partial charge on any atom is 0.314 e. The number of nitrogens with zero attached hydrogens (tertiary/aromatic N) is 2. The Balaban J connectivity index is 1.64. The quantitative estimate of drug-likeness (QED) is 0.330. The molecule has 40 heavy (non-hydrogen) atoms. The van der Waals surface area contributed by atoms with Gasteiger partial charge in [0, 0.05) is 51.0 Å². The summed E-state index contributed by atoms with van der Waals surface area (Å²) in [6.07, 6.45) is 0.645. The average molecular weight is 561 g/mol. The predicted molar refractivity (Wildman–Crippen MR) is 148 cm³/mol. The third-order valence-corrected chi connectivity index (χ3v) is 6.61. The molecule has 1 aliphatic rings. The standard InChI is InChI=1S/C28H38F2N6O4/c1-28(2,31)26(38)34-23(18-40-17-20-21(29)8-6-9-22(20)30)25(37)36-15-13-35(14-16-36)24-10-5-4-7-19(24)11-12-33-27(39)32-3/h4-10,23H,11-18,31H2,1-3H3,(H,34,38)(H2,32,33,39)/t23-/m1/s1. The van der Waals surface area contributed by atoms with Crippen molar-refractivity contribution < 1.29 is 27.9 Å². The molecule has 0 radical (unpaired) electrons. The van der Waals surface area contributed by atoms with Gasteiger partial charge in [0.15, 0.2) is 0 Å². The Labute approximate surface area is 233 Å². The van der Waals surface area contributed by atoms with Crippen LogP contribution in [0, 0.1) is 11.6 Å². The highest BCUT2D eigenvalue weighted by atomic mass is 19.1. The fourth-order valence-electron chi connectivity index (χ4n) is 4.29. The second-order valence-corrected chi connectivity index (χ2v) is 10.2. The van der Waals surface area contributed by atoms with Crippen molar-refractivity contribution in [1.82, 2.24) is 20.9 Å². The average Bonchev–Trinajstić information content (AvgIpc) is 2.93. The van der Waals surface area contributed by atoms with Gasteiger partial charge in [-0.15, -0.1) is 0 Å². The van der Waals surface area contributed by atoms with E-state index in [-0.39, 0.29) is 24.1 Å². The number of nitrogens with one attached hydrogen (secondary N) is 3. The SMILES string of the molecule is CNC(=O)NCCc1ccccc1N1CCN(C(=O)[C@@H](COCc2c(F)cccc2F)NC(=O)C(C)(C)N)CC1. The predicted octanol–water partition coefficient (Wildman–Crippen LogP) is 1.52. The second kappa shape index (κ2) is 14.0. The maximum absolute atomic E-state index is 14.0. The first-order valence-electron chi connectivity index (χ1n) is 13.2. The molecule has 1 heterocycles. The number of carbonyl (C=O) groups excluding carboxylic acids is 3. The van der Waals surface area contributed by atoms with E-state index in [0.29, 0.717) is 39.1 Å². The van der Waals surface area contributed by atoms with Crippen LogP contribution >= 0.6 is 0 Å². The maximum atomic E-state index is 14.0. The van der Waals surface area contributed by atoms with Crippen molar-refractivity contribution >= 4 is 23.5 Å². The number of carbonyl (C=O) groups is 3. The zero-order valence-electron chi connectivity index (χ0n) is 23.1. The summed E-state index contributed by atoms with van der Waals surface area (Å²) in [6.45, 7) is 4.71. The summed E-state index contributed by atoms with van der Waals surface area (Å²) in [5.41, 5.74) is 6.51. The van der Waals surface area contributed by atoms with E-state index in [1.54, 1.807) is 11.9 Å². The molecule has 3 rings (SSSR count). The molecule has 1 saturated heterocycles. The molecule has 12 heteroatoms. The van der Waals surface area contributed by atoms with E-state index in [2.05, 4.69) is 20.9 Å². The van der Waals surface area contributed by atoms with E-state index in [4.69, 9.17) is 10.5 Å². The number of amides is 4. The normalized spacial score (nSPS) is 14.4. The molecule has 1 fully saturated rings. The van der Waals surface area contributed by atoms with E-state index < -0.39 is 35.7 Å². The number of rotatable bonds is 11. The van der Waals surface area contributed by atoms with Crippen LogP contribution in [-0.4, -0.2) is 80.7 Å². The molecule has 1 atom stereocenters. The summed E-state index contributed by atoms with van der Waals surface area (Å²) in [4.78, 5) is 41.4. The van der Waals surface area contributed by atoms with Crippen molar-refractivity contribution in [2.75, 3.05) is 51.3 Å². The summed E-state index contributed by atoms with van der Waals surface area (Å²) < 4.78 is 33.5. The Bertz CT molecular complexity index is 1160. The minimum atomic E-state index is -1.24. The Morgan fingerprint density at radius 2 is 1.68 bits per heavy atom. The Morgan fingerprint density at radius 3 is 2.30 bits per heavy atom. The molecule has 0 spiro atoms. The number of hydrogen-bond donors (Lipinski definition) is 4. The highest BCUT2D eigenvalue weighted by Crippen LogP contribution is 2.23. The van der Waals surface area contributed by atoms with Crippen molar-refractivity contribution in [3.05, 3.63) is 65.2 Å². The van der Waals surface area contributed by atoms with E-state index in [9.17, 15) is 23.2 Å². The van der Waals surface area contributed by atoms with Crippen molar-refractivity contribution in [3.8, 4) is 0 Å². The van der Waals surface area contributed by atoms with Crippen LogP contribution in [0.4, 0.5) is 19.3 Å². The monoisotopic (exact) mass is 560 g/mol. The van der Waals surface area contributed by atoms with E-state index >= 15 is 0 Å². The van der Waals surface area contributed by atoms with Gasteiger partial charge in [-0.1, -0.05) is 24.3 Å². The first-order valence-corrected chi connectivity index (χ1v) is 13.2. The highest BCUT2D eigenvalue weighted by molar-refractivity contribution is 5.91. The minimum absolute atomic E-state index is 0.243. The fourth-order valence-corrected chi connectivity index (χ4v) is 4.29. The van der Waals surface area contributed by atoms with Crippen LogP contribution in [0.2, 0.25) is 0 Å². The molecule has 0 bridgehead atoms. The molecule has 0 unspecified atom stereocenters. The van der Waals surface area contributed by atoms with Crippen molar-refractivity contribution in [2.24, 2.45) is 5.73 Å². The van der Waals surface area contributed by atoms with Gasteiger partial charge in [-0.25, -0.2) is 13.6 Å². The number of piperazine rings is 1. The second-order valence-electron chi connectivity index (χ2n) is 10.2. The third-order valence-electron chi connectivity index (χ3n) is 6.61. The van der Waals surface area contributed by atoms with E-state index in [1.165, 1.54) is 19.9 Å². The smallest absolute Gasteiger partial charge is 0.314 e. The van der Waals surface area contributed by atoms with Crippen LogP contribution in [0.1, 0.15) is 25.0 Å². The number of benzene rings is 2. The molecular formula is C28H38F2N6O4. The summed E-state index contributed by atoms with van der Waals surface area (Å²) in [5.74, 6) is -2.43. The van der Waals surface area contributed by atoms with Crippen molar-refractivity contribution in [2.45, 2.75) is 38.5 Å². The van der Waals surface area contributed by atoms with Gasteiger partial charge >= 0.3 is 6.03 Å². The summed E-state index contributed by atoms with van der Waals surface area (Å²) in [7, 11) is 1.56. The van der Waals surface area contributed by atoms with Gasteiger partial charge in [-0.2, -0.15) is 0 Å². The van der Waals surface area contributed by atoms with E-state index in [1.807, 2.05) is 24.3 Å². The van der Waals surface area contributed by atoms with Crippen LogP contribution in [0.5, 0.6) is 0 Å². The van der Waals surface area contributed by atoms with Crippen molar-refractivity contribution in [3.63, 3.8) is 0 Å². The number of halogens is 2. The summed E-state index contributed by atoms with van der Waals surface area (Å²) >= 11 is 0. The van der Waals surface area contributed by atoms with Crippen LogP contribution in [0.3, 0.4) is 0 Å². The Morgan fingerprint density at radius 1 is 1.02 bits per heavy atom. The molecule has 2 aromatic carbocycles. The lowest BCUT2D eigenvalue weighted by Gasteiger charge is -2.38. The molecule has 1 aliphatic heterocycles. The topological polar surface area (TPSA) is 129 Å². The summed E-state index contributed by atoms with van der Waals surface area (Å²) in [6, 6.07) is 10.1. The number of hydrogen-bond acceptors (Lipinski definition) is 6. The van der Waals surface area contributed by atoms with Crippen LogP contribution in [0.15, 0.2) is 42.5 Å².